The molecule has 9 heteroatoms. The van der Waals surface area contributed by atoms with Crippen molar-refractivity contribution in [2.24, 2.45) is 17.8 Å². The summed E-state index contributed by atoms with van der Waals surface area (Å²) in [5.74, 6) is -1.66. The van der Waals surface area contributed by atoms with Gasteiger partial charge in [-0.15, -0.1) is 0 Å². The molecule has 2 fully saturated rings. The monoisotopic (exact) mass is 593 g/mol. The number of carbonyl (C=O) groups excluding carboxylic acids is 3. The predicted octanol–water partition coefficient (Wildman–Crippen LogP) is 3.95. The van der Waals surface area contributed by atoms with Crippen LogP contribution in [-0.4, -0.2) is 87.8 Å². The van der Waals surface area contributed by atoms with Crippen molar-refractivity contribution in [3.63, 3.8) is 0 Å². The van der Waals surface area contributed by atoms with Gasteiger partial charge in [-0.2, -0.15) is 0 Å². The Hall–Kier alpha value is -3.17. The number of amides is 3. The van der Waals surface area contributed by atoms with E-state index in [0.717, 1.165) is 0 Å². The number of aliphatic hydroxyl groups excluding tert-OH is 1. The molecule has 3 amide bonds. The van der Waals surface area contributed by atoms with Gasteiger partial charge in [0, 0.05) is 24.3 Å². The Kier molecular flexibility index (Phi) is 8.28. The van der Waals surface area contributed by atoms with Gasteiger partial charge in [-0.1, -0.05) is 45.1 Å². The van der Waals surface area contributed by atoms with E-state index in [2.05, 4.69) is 0 Å². The maximum atomic E-state index is 14.8. The van der Waals surface area contributed by atoms with Crippen molar-refractivity contribution in [2.75, 3.05) is 31.2 Å². The Bertz CT molecular complexity index is 1300. The summed E-state index contributed by atoms with van der Waals surface area (Å²) in [5.41, 5.74) is -2.25. The van der Waals surface area contributed by atoms with E-state index < -0.39 is 40.7 Å². The molecule has 1 unspecified atom stereocenters. The first-order valence-electron chi connectivity index (χ1n) is 15.7. The smallest absolute Gasteiger partial charge is 0.249 e. The minimum atomic E-state index is -1.36. The molecule has 4 heterocycles. The van der Waals surface area contributed by atoms with Crippen LogP contribution >= 0.6 is 0 Å². The number of benzene rings is 1. The quantitative estimate of drug-likeness (QED) is 0.459. The highest BCUT2D eigenvalue weighted by Gasteiger charge is 2.76. The molecule has 2 saturated heterocycles. The van der Waals surface area contributed by atoms with Crippen LogP contribution in [0.4, 0.5) is 5.69 Å². The average Bonchev–Trinajstić information content (AvgIpc) is 3.24. The van der Waals surface area contributed by atoms with Crippen LogP contribution in [-0.2, 0) is 19.1 Å². The summed E-state index contributed by atoms with van der Waals surface area (Å²) in [6.07, 6.45) is 8.64. The lowest BCUT2D eigenvalue weighted by atomic mass is 9.73. The van der Waals surface area contributed by atoms with Gasteiger partial charge in [0.2, 0.25) is 17.7 Å². The normalized spacial score (nSPS) is 31.2. The summed E-state index contributed by atoms with van der Waals surface area (Å²) in [7, 11) is 0. The molecule has 1 aromatic carbocycles. The van der Waals surface area contributed by atoms with E-state index >= 15 is 0 Å². The van der Waals surface area contributed by atoms with Gasteiger partial charge < -0.3 is 29.3 Å². The molecule has 0 aliphatic carbocycles. The van der Waals surface area contributed by atoms with Crippen molar-refractivity contribution >= 4 is 23.4 Å². The highest BCUT2D eigenvalue weighted by atomic mass is 16.5. The summed E-state index contributed by atoms with van der Waals surface area (Å²) in [6.45, 7) is 14.8. The van der Waals surface area contributed by atoms with Crippen molar-refractivity contribution in [1.82, 2.24) is 9.80 Å². The molecular weight excluding hydrogens is 546 g/mol. The maximum Gasteiger partial charge on any atom is 0.249 e. The van der Waals surface area contributed by atoms with E-state index in [1.807, 2.05) is 97.0 Å². The number of aliphatic hydroxyl groups is 1. The first-order chi connectivity index (χ1) is 20.3. The minimum absolute atomic E-state index is 0.171. The topological polar surface area (TPSA) is 99.6 Å². The molecule has 4 aliphatic rings. The summed E-state index contributed by atoms with van der Waals surface area (Å²) in [4.78, 5) is 49.1. The van der Waals surface area contributed by atoms with Crippen molar-refractivity contribution in [1.29, 1.82) is 0 Å². The van der Waals surface area contributed by atoms with Crippen LogP contribution < -0.4 is 9.64 Å². The highest BCUT2D eigenvalue weighted by Crippen LogP contribution is 2.59. The summed E-state index contributed by atoms with van der Waals surface area (Å²) < 4.78 is 12.7. The van der Waals surface area contributed by atoms with E-state index in [1.165, 1.54) is 0 Å². The van der Waals surface area contributed by atoms with Crippen molar-refractivity contribution in [3.8, 4) is 5.75 Å². The third kappa shape index (κ3) is 4.98. The largest absolute Gasteiger partial charge is 0.494 e. The van der Waals surface area contributed by atoms with Crippen LogP contribution in [0.15, 0.2) is 48.6 Å². The van der Waals surface area contributed by atoms with Crippen LogP contribution in [0, 0.1) is 17.8 Å². The first-order valence-corrected chi connectivity index (χ1v) is 15.7. The van der Waals surface area contributed by atoms with Crippen molar-refractivity contribution < 1.29 is 29.0 Å². The number of fused-ring (bicyclic) bond motifs is 2. The Labute approximate surface area is 255 Å². The van der Waals surface area contributed by atoms with Crippen LogP contribution in [0.25, 0.3) is 0 Å². The van der Waals surface area contributed by atoms with E-state index in [0.29, 0.717) is 44.0 Å². The molecule has 6 atom stereocenters. The van der Waals surface area contributed by atoms with Gasteiger partial charge in [0.05, 0.1) is 36.7 Å². The van der Waals surface area contributed by atoms with E-state index in [1.54, 1.807) is 14.7 Å². The molecule has 0 aromatic heterocycles. The fourth-order valence-corrected chi connectivity index (χ4v) is 7.64. The molecule has 4 aliphatic heterocycles. The van der Waals surface area contributed by atoms with E-state index in [-0.39, 0.29) is 30.2 Å². The standard InChI is InChI=1S/C34H47N3O6/c1-8-33-16-10-18-35(23-12-14-25(15-13-23)42-9-2)29(39)26(33)27-30(40)37(24(21-38)20-22(3)4)28-31(41)36(32(5,6)7)19-11-17-34(27,28)43-33/h10-17,22,24,26-28,38H,8-9,18-21H2,1-7H3/t24-,26+,27+,28?,33-,34+/m1/s1. The van der Waals surface area contributed by atoms with Crippen molar-refractivity contribution in [3.05, 3.63) is 48.6 Å². The van der Waals surface area contributed by atoms with Crippen LogP contribution in [0.2, 0.25) is 0 Å². The Morgan fingerprint density at radius 3 is 2.23 bits per heavy atom. The average molecular weight is 594 g/mol. The molecule has 1 aromatic rings. The number of rotatable bonds is 8. The molecule has 0 saturated carbocycles. The van der Waals surface area contributed by atoms with Crippen molar-refractivity contribution in [2.45, 2.75) is 90.1 Å². The van der Waals surface area contributed by atoms with Gasteiger partial charge in [0.1, 0.15) is 17.4 Å². The number of nitrogens with zero attached hydrogens (tertiary/aromatic N) is 3. The molecule has 0 bridgehead atoms. The number of carbonyl (C=O) groups is 3. The lowest BCUT2D eigenvalue weighted by molar-refractivity contribution is -0.158. The van der Waals surface area contributed by atoms with E-state index in [4.69, 9.17) is 9.47 Å². The molecular formula is C34H47N3O6. The van der Waals surface area contributed by atoms with Gasteiger partial charge in [-0.25, -0.2) is 0 Å². The van der Waals surface area contributed by atoms with Gasteiger partial charge in [0.15, 0.2) is 0 Å². The zero-order chi connectivity index (χ0) is 31.3. The Morgan fingerprint density at radius 1 is 0.977 bits per heavy atom. The molecule has 9 nitrogen and oxygen atoms in total. The first kappa shape index (κ1) is 31.3. The van der Waals surface area contributed by atoms with Gasteiger partial charge >= 0.3 is 0 Å². The minimum Gasteiger partial charge on any atom is -0.494 e. The molecule has 1 spiro atoms. The SMILES string of the molecule is CCOc1ccc(N2CC=C[C@@]3(CC)O[C@]45C=CCN(C(C)(C)C)C(=O)C4N([C@@H](CO)CC(C)C)C(=O)[C@@H]5[C@H]3C2=O)cc1. The zero-order valence-electron chi connectivity index (χ0n) is 26.6. The summed E-state index contributed by atoms with van der Waals surface area (Å²) >= 11 is 0. The molecule has 234 valence electrons. The lowest BCUT2D eigenvalue weighted by Gasteiger charge is -2.43. The molecule has 43 heavy (non-hydrogen) atoms. The van der Waals surface area contributed by atoms with Crippen LogP contribution in [0.1, 0.15) is 61.3 Å². The van der Waals surface area contributed by atoms with Crippen LogP contribution in [0.5, 0.6) is 5.75 Å². The molecule has 0 radical (unpaired) electrons. The number of likely N-dealkylation sites (tertiary alicyclic amines) is 1. The predicted molar refractivity (Wildman–Crippen MR) is 164 cm³/mol. The number of anilines is 1. The second kappa shape index (κ2) is 11.4. The lowest BCUT2D eigenvalue weighted by Crippen LogP contribution is -2.61. The van der Waals surface area contributed by atoms with E-state index in [9.17, 15) is 19.5 Å². The Balaban J connectivity index is 1.66. The van der Waals surface area contributed by atoms with Crippen LogP contribution in [0.3, 0.4) is 0 Å². The Morgan fingerprint density at radius 2 is 1.65 bits per heavy atom. The van der Waals surface area contributed by atoms with Gasteiger partial charge in [-0.05, 0) is 70.7 Å². The highest BCUT2D eigenvalue weighted by molar-refractivity contribution is 6.04. The third-order valence-electron chi connectivity index (χ3n) is 9.49. The van der Waals surface area contributed by atoms with Gasteiger partial charge in [-0.3, -0.25) is 14.4 Å². The van der Waals surface area contributed by atoms with Gasteiger partial charge in [0.25, 0.3) is 0 Å². The second-order valence-electron chi connectivity index (χ2n) is 13.6. The summed E-state index contributed by atoms with van der Waals surface area (Å²) in [6, 6.07) is 5.79. The maximum absolute atomic E-state index is 14.8. The third-order valence-corrected chi connectivity index (χ3v) is 9.49. The fraction of sp³-hybridized carbons (Fsp3) is 0.618. The second-order valence-corrected chi connectivity index (χ2v) is 13.6. The zero-order valence-corrected chi connectivity index (χ0v) is 26.6. The molecule has 5 rings (SSSR count). The number of hydrogen-bond acceptors (Lipinski definition) is 6. The number of ether oxygens (including phenoxy) is 2. The number of hydrogen-bond donors (Lipinski definition) is 1. The fourth-order valence-electron chi connectivity index (χ4n) is 7.64. The summed E-state index contributed by atoms with van der Waals surface area (Å²) in [5, 5.41) is 10.6. The molecule has 1 N–H and O–H groups in total.